The molecule has 0 saturated carbocycles. The number of hydrogen-bond acceptors (Lipinski definition) is 5. The second-order valence-corrected chi connectivity index (χ2v) is 5.02. The molecule has 2 N–H and O–H groups in total. The fraction of sp³-hybridized carbons (Fsp3) is 0.538. The van der Waals surface area contributed by atoms with Crippen molar-refractivity contribution in [1.82, 2.24) is 0 Å². The molecule has 6 nitrogen and oxygen atoms in total. The molecule has 1 aromatic rings. The van der Waals surface area contributed by atoms with Gasteiger partial charge in [0.2, 0.25) is 0 Å². The number of benzene rings is 1. The number of nitrogens with zero attached hydrogens (tertiary/aromatic N) is 2. The van der Waals surface area contributed by atoms with Gasteiger partial charge in [0.15, 0.2) is 0 Å². The van der Waals surface area contributed by atoms with E-state index >= 15 is 0 Å². The Morgan fingerprint density at radius 2 is 2.26 bits per heavy atom. The van der Waals surface area contributed by atoms with E-state index in [-0.39, 0.29) is 18.2 Å². The van der Waals surface area contributed by atoms with Crippen LogP contribution in [0.25, 0.3) is 0 Å². The molecule has 19 heavy (non-hydrogen) atoms. The van der Waals surface area contributed by atoms with Crippen LogP contribution in [0.4, 0.5) is 11.4 Å². The monoisotopic (exact) mass is 266 g/mol. The fourth-order valence-electron chi connectivity index (χ4n) is 2.34. The van der Waals surface area contributed by atoms with E-state index in [0.717, 1.165) is 6.42 Å². The molecule has 0 bridgehead atoms. The molecule has 1 saturated heterocycles. The summed E-state index contributed by atoms with van der Waals surface area (Å²) in [5, 5.41) is 30.1. The van der Waals surface area contributed by atoms with Gasteiger partial charge in [-0.05, 0) is 30.0 Å². The minimum absolute atomic E-state index is 0.0129. The third-order valence-corrected chi connectivity index (χ3v) is 3.68. The molecule has 0 aromatic heterocycles. The van der Waals surface area contributed by atoms with Crippen molar-refractivity contribution in [2.45, 2.75) is 26.1 Å². The van der Waals surface area contributed by atoms with Gasteiger partial charge in [-0.3, -0.25) is 10.1 Å². The highest BCUT2D eigenvalue weighted by atomic mass is 16.6. The van der Waals surface area contributed by atoms with E-state index in [9.17, 15) is 15.2 Å². The molecule has 0 radical (unpaired) electrons. The molecule has 6 heteroatoms. The number of hydrogen-bond donors (Lipinski definition) is 2. The zero-order valence-corrected chi connectivity index (χ0v) is 10.8. The Kier molecular flexibility index (Phi) is 4.01. The molecule has 2 rings (SSSR count). The Morgan fingerprint density at radius 1 is 1.53 bits per heavy atom. The first-order valence-electron chi connectivity index (χ1n) is 6.34. The summed E-state index contributed by atoms with van der Waals surface area (Å²) in [6, 6.07) is 4.58. The summed E-state index contributed by atoms with van der Waals surface area (Å²) < 4.78 is 0. The second-order valence-electron chi connectivity index (χ2n) is 5.02. The zero-order chi connectivity index (χ0) is 14.0. The van der Waals surface area contributed by atoms with Crippen LogP contribution in [-0.4, -0.2) is 34.3 Å². The van der Waals surface area contributed by atoms with Gasteiger partial charge in [0, 0.05) is 19.2 Å². The molecule has 0 aliphatic carbocycles. The molecule has 1 aliphatic rings. The summed E-state index contributed by atoms with van der Waals surface area (Å²) in [6.45, 7) is 2.88. The van der Waals surface area contributed by atoms with E-state index in [1.54, 1.807) is 12.1 Å². The van der Waals surface area contributed by atoms with Crippen LogP contribution in [0, 0.1) is 16.0 Å². The minimum Gasteiger partial charge on any atom is -0.392 e. The van der Waals surface area contributed by atoms with E-state index in [2.05, 4.69) is 0 Å². The Morgan fingerprint density at radius 3 is 2.84 bits per heavy atom. The number of β-amino-alcohol motifs (C(OH)–C–C–N with tert-alkyl or cyclic N) is 1. The van der Waals surface area contributed by atoms with Gasteiger partial charge in [-0.15, -0.1) is 0 Å². The Bertz CT molecular complexity index is 478. The van der Waals surface area contributed by atoms with Crippen LogP contribution in [0.15, 0.2) is 18.2 Å². The van der Waals surface area contributed by atoms with E-state index in [0.29, 0.717) is 24.3 Å². The minimum atomic E-state index is -0.480. The van der Waals surface area contributed by atoms with Crippen LogP contribution < -0.4 is 4.90 Å². The van der Waals surface area contributed by atoms with Crippen LogP contribution in [0.5, 0.6) is 0 Å². The smallest absolute Gasteiger partial charge is 0.292 e. The first kappa shape index (κ1) is 13.8. The summed E-state index contributed by atoms with van der Waals surface area (Å²) in [7, 11) is 0. The highest BCUT2D eigenvalue weighted by Crippen LogP contribution is 2.32. The molecule has 0 amide bonds. The van der Waals surface area contributed by atoms with Gasteiger partial charge in [-0.25, -0.2) is 0 Å². The number of anilines is 1. The molecule has 1 aromatic carbocycles. The van der Waals surface area contributed by atoms with Gasteiger partial charge in [0.1, 0.15) is 5.69 Å². The van der Waals surface area contributed by atoms with E-state index < -0.39 is 11.0 Å². The number of aliphatic hydroxyl groups excluding tert-OH is 2. The molecule has 2 unspecified atom stereocenters. The van der Waals surface area contributed by atoms with Crippen molar-refractivity contribution in [2.24, 2.45) is 5.92 Å². The lowest BCUT2D eigenvalue weighted by Crippen LogP contribution is -2.43. The van der Waals surface area contributed by atoms with Crippen molar-refractivity contribution in [2.75, 3.05) is 18.0 Å². The summed E-state index contributed by atoms with van der Waals surface area (Å²) in [5.41, 5.74) is 1.12. The lowest BCUT2D eigenvalue weighted by molar-refractivity contribution is -0.384. The molecular weight excluding hydrogens is 248 g/mol. The Balaban J connectivity index is 2.34. The molecule has 1 aliphatic heterocycles. The van der Waals surface area contributed by atoms with Crippen molar-refractivity contribution in [3.8, 4) is 0 Å². The summed E-state index contributed by atoms with van der Waals surface area (Å²) in [6.07, 6.45) is 0.313. The molecular formula is C13H18N2O4. The Hall–Kier alpha value is -1.66. The van der Waals surface area contributed by atoms with Gasteiger partial charge < -0.3 is 15.1 Å². The topological polar surface area (TPSA) is 86.8 Å². The standard InChI is InChI=1S/C13H18N2O4/c1-9-4-5-14(7-13(9)17)12-6-10(8-16)2-3-11(12)15(18)19/h2-3,6,9,13,16-17H,4-5,7-8H2,1H3. The maximum atomic E-state index is 11.1. The SMILES string of the molecule is CC1CCN(c2cc(CO)ccc2[N+](=O)[O-])CC1O. The van der Waals surface area contributed by atoms with E-state index in [4.69, 9.17) is 5.11 Å². The highest BCUT2D eigenvalue weighted by Gasteiger charge is 2.28. The van der Waals surface area contributed by atoms with Crippen molar-refractivity contribution in [3.63, 3.8) is 0 Å². The summed E-state index contributed by atoms with van der Waals surface area (Å²) in [4.78, 5) is 12.5. The van der Waals surface area contributed by atoms with Gasteiger partial charge in [0.05, 0.1) is 17.6 Å². The number of piperidine rings is 1. The maximum absolute atomic E-state index is 11.1. The van der Waals surface area contributed by atoms with E-state index in [1.165, 1.54) is 6.07 Å². The van der Waals surface area contributed by atoms with E-state index in [1.807, 2.05) is 11.8 Å². The van der Waals surface area contributed by atoms with Crippen LogP contribution in [0.1, 0.15) is 18.9 Å². The van der Waals surface area contributed by atoms with Crippen LogP contribution in [-0.2, 0) is 6.61 Å². The first-order chi connectivity index (χ1) is 9.02. The number of nitro benzene ring substituents is 1. The predicted octanol–water partition coefficient (Wildman–Crippen LogP) is 1.29. The summed E-state index contributed by atoms with van der Waals surface area (Å²) in [5.74, 6) is 0.205. The third-order valence-electron chi connectivity index (χ3n) is 3.68. The van der Waals surface area contributed by atoms with Crippen molar-refractivity contribution < 1.29 is 15.1 Å². The lowest BCUT2D eigenvalue weighted by Gasteiger charge is -2.35. The number of nitro groups is 1. The van der Waals surface area contributed by atoms with Gasteiger partial charge >= 0.3 is 0 Å². The fourth-order valence-corrected chi connectivity index (χ4v) is 2.34. The second kappa shape index (κ2) is 5.54. The van der Waals surface area contributed by atoms with Gasteiger partial charge in [0.25, 0.3) is 5.69 Å². The third kappa shape index (κ3) is 2.85. The molecule has 1 fully saturated rings. The average Bonchev–Trinajstić information content (AvgIpc) is 2.41. The maximum Gasteiger partial charge on any atom is 0.292 e. The quantitative estimate of drug-likeness (QED) is 0.636. The van der Waals surface area contributed by atoms with Crippen molar-refractivity contribution >= 4 is 11.4 Å². The van der Waals surface area contributed by atoms with Crippen LogP contribution in [0.2, 0.25) is 0 Å². The van der Waals surface area contributed by atoms with Crippen LogP contribution >= 0.6 is 0 Å². The normalized spacial score (nSPS) is 23.4. The molecule has 0 spiro atoms. The summed E-state index contributed by atoms with van der Waals surface area (Å²) >= 11 is 0. The highest BCUT2D eigenvalue weighted by molar-refractivity contribution is 5.64. The predicted molar refractivity (Wildman–Crippen MR) is 71.0 cm³/mol. The largest absolute Gasteiger partial charge is 0.392 e. The lowest BCUT2D eigenvalue weighted by atomic mass is 9.95. The number of rotatable bonds is 3. The first-order valence-corrected chi connectivity index (χ1v) is 6.34. The van der Waals surface area contributed by atoms with Crippen molar-refractivity contribution in [3.05, 3.63) is 33.9 Å². The molecule has 2 atom stereocenters. The zero-order valence-electron chi connectivity index (χ0n) is 10.8. The average molecular weight is 266 g/mol. The number of aliphatic hydroxyl groups is 2. The Labute approximate surface area is 111 Å². The van der Waals surface area contributed by atoms with Gasteiger partial charge in [-0.1, -0.05) is 6.92 Å². The van der Waals surface area contributed by atoms with Gasteiger partial charge in [-0.2, -0.15) is 0 Å². The van der Waals surface area contributed by atoms with Crippen molar-refractivity contribution in [1.29, 1.82) is 0 Å². The molecule has 1 heterocycles. The molecule has 104 valence electrons. The van der Waals surface area contributed by atoms with Crippen LogP contribution in [0.3, 0.4) is 0 Å².